The number of allylic oxidation sites excluding steroid dienone is 2. The molecule has 1 aliphatic heterocycles. The molecule has 6 heteroatoms. The van der Waals surface area contributed by atoms with Crippen molar-refractivity contribution in [3.63, 3.8) is 0 Å². The zero-order valence-electron chi connectivity index (χ0n) is 13.4. The molecule has 3 N–H and O–H groups in total. The van der Waals surface area contributed by atoms with E-state index in [-0.39, 0.29) is 28.5 Å². The molecule has 1 aliphatic carbocycles. The number of fused-ring (bicyclic) bond motifs is 3. The summed E-state index contributed by atoms with van der Waals surface area (Å²) >= 11 is 0. The van der Waals surface area contributed by atoms with Crippen molar-refractivity contribution >= 4 is 17.3 Å². The normalized spacial score (nSPS) is 23.4. The van der Waals surface area contributed by atoms with Crippen molar-refractivity contribution in [2.45, 2.75) is 18.4 Å². The van der Waals surface area contributed by atoms with Gasteiger partial charge in [-0.3, -0.25) is 14.9 Å². The number of hydrogen-bond donors (Lipinski definition) is 2. The average molecular weight is 335 g/mol. The van der Waals surface area contributed by atoms with Crippen LogP contribution in [0.3, 0.4) is 0 Å². The number of nitrogens with one attached hydrogen (secondary N) is 1. The minimum atomic E-state index is -0.484. The molecule has 1 amide bonds. The Morgan fingerprint density at radius 1 is 1.24 bits per heavy atom. The Bertz CT molecular complexity index is 907. The molecular weight excluding hydrogens is 318 g/mol. The summed E-state index contributed by atoms with van der Waals surface area (Å²) in [6.45, 7) is 0. The van der Waals surface area contributed by atoms with Crippen molar-refractivity contribution < 1.29 is 9.72 Å². The maximum Gasteiger partial charge on any atom is 0.269 e. The van der Waals surface area contributed by atoms with E-state index in [1.165, 1.54) is 6.07 Å². The molecule has 25 heavy (non-hydrogen) atoms. The van der Waals surface area contributed by atoms with Gasteiger partial charge in [-0.1, -0.05) is 36.4 Å². The van der Waals surface area contributed by atoms with Gasteiger partial charge in [0.25, 0.3) is 11.6 Å². The molecule has 2 aromatic rings. The van der Waals surface area contributed by atoms with Gasteiger partial charge < -0.3 is 11.1 Å². The summed E-state index contributed by atoms with van der Waals surface area (Å²) in [5, 5.41) is 14.6. The molecule has 0 saturated heterocycles. The molecule has 3 atom stereocenters. The number of primary amides is 1. The highest BCUT2D eigenvalue weighted by molar-refractivity contribution is 5.99. The Balaban J connectivity index is 1.83. The lowest BCUT2D eigenvalue weighted by atomic mass is 9.76. The molecule has 0 unspecified atom stereocenters. The van der Waals surface area contributed by atoms with Crippen molar-refractivity contribution in [3.8, 4) is 0 Å². The molecule has 0 saturated carbocycles. The topological polar surface area (TPSA) is 98.3 Å². The van der Waals surface area contributed by atoms with Crippen LogP contribution in [0, 0.1) is 16.0 Å². The van der Waals surface area contributed by atoms with E-state index in [2.05, 4.69) is 17.5 Å². The summed E-state index contributed by atoms with van der Waals surface area (Å²) < 4.78 is 0. The first-order chi connectivity index (χ1) is 12.1. The number of carbonyl (C=O) groups is 1. The molecule has 0 fully saturated rings. The van der Waals surface area contributed by atoms with Gasteiger partial charge in [0.15, 0.2) is 0 Å². The summed E-state index contributed by atoms with van der Waals surface area (Å²) in [7, 11) is 0. The van der Waals surface area contributed by atoms with Crippen LogP contribution in [0.15, 0.2) is 54.6 Å². The van der Waals surface area contributed by atoms with E-state index in [1.807, 2.05) is 18.2 Å². The molecule has 0 aromatic heterocycles. The highest BCUT2D eigenvalue weighted by Crippen LogP contribution is 2.50. The maximum absolute atomic E-state index is 11.8. The predicted octanol–water partition coefficient (Wildman–Crippen LogP) is 3.52. The number of carbonyl (C=O) groups excluding carboxylic acids is 1. The Labute approximate surface area is 144 Å². The number of nitro groups is 1. The second kappa shape index (κ2) is 5.73. The van der Waals surface area contributed by atoms with Crippen LogP contribution >= 0.6 is 0 Å². The van der Waals surface area contributed by atoms with Crippen molar-refractivity contribution in [2.75, 3.05) is 5.32 Å². The van der Waals surface area contributed by atoms with Crippen LogP contribution in [-0.4, -0.2) is 10.8 Å². The molecule has 4 rings (SSSR count). The van der Waals surface area contributed by atoms with E-state index in [1.54, 1.807) is 18.2 Å². The van der Waals surface area contributed by atoms with Crippen molar-refractivity contribution in [1.29, 1.82) is 0 Å². The number of nitrogens with zero attached hydrogens (tertiary/aromatic N) is 1. The Morgan fingerprint density at radius 3 is 2.80 bits per heavy atom. The van der Waals surface area contributed by atoms with Crippen LogP contribution < -0.4 is 11.1 Å². The number of anilines is 1. The van der Waals surface area contributed by atoms with Crippen LogP contribution in [0.1, 0.15) is 39.9 Å². The van der Waals surface area contributed by atoms with E-state index in [9.17, 15) is 14.9 Å². The number of non-ortho nitro benzene ring substituents is 1. The first-order valence-electron chi connectivity index (χ1n) is 8.16. The Morgan fingerprint density at radius 2 is 2.04 bits per heavy atom. The van der Waals surface area contributed by atoms with Crippen LogP contribution in [0.2, 0.25) is 0 Å². The average Bonchev–Trinajstić information content (AvgIpc) is 3.10. The molecule has 6 nitrogen and oxygen atoms in total. The van der Waals surface area contributed by atoms with Gasteiger partial charge in [0.05, 0.1) is 22.2 Å². The minimum Gasteiger partial charge on any atom is -0.377 e. The molecule has 2 aromatic carbocycles. The Kier molecular flexibility index (Phi) is 3.53. The third-order valence-corrected chi connectivity index (χ3v) is 5.10. The fourth-order valence-electron chi connectivity index (χ4n) is 3.99. The Hall–Kier alpha value is -3.15. The molecule has 2 aliphatic rings. The minimum absolute atomic E-state index is 0.0655. The summed E-state index contributed by atoms with van der Waals surface area (Å²) in [4.78, 5) is 22.6. The SMILES string of the molecule is NC(=O)c1cccc2c1N[C@@H](c1cccc([N+](=O)[O-])c1)[C@H]1CC=C[C@H]21. The van der Waals surface area contributed by atoms with Gasteiger partial charge >= 0.3 is 0 Å². The van der Waals surface area contributed by atoms with Crippen LogP contribution in [0.25, 0.3) is 0 Å². The highest BCUT2D eigenvalue weighted by Gasteiger charge is 2.39. The van der Waals surface area contributed by atoms with E-state index < -0.39 is 5.91 Å². The summed E-state index contributed by atoms with van der Waals surface area (Å²) in [5.74, 6) is -0.0694. The maximum atomic E-state index is 11.8. The van der Waals surface area contributed by atoms with Gasteiger partial charge in [-0.25, -0.2) is 0 Å². The van der Waals surface area contributed by atoms with Gasteiger partial charge in [0.1, 0.15) is 0 Å². The van der Waals surface area contributed by atoms with E-state index in [0.717, 1.165) is 23.2 Å². The third kappa shape index (κ3) is 2.46. The van der Waals surface area contributed by atoms with E-state index in [0.29, 0.717) is 5.56 Å². The lowest BCUT2D eigenvalue weighted by Gasteiger charge is -2.38. The van der Waals surface area contributed by atoms with Gasteiger partial charge in [0.2, 0.25) is 0 Å². The zero-order valence-corrected chi connectivity index (χ0v) is 13.4. The fourth-order valence-corrected chi connectivity index (χ4v) is 3.99. The lowest BCUT2D eigenvalue weighted by molar-refractivity contribution is -0.384. The van der Waals surface area contributed by atoms with Crippen LogP contribution in [0.4, 0.5) is 11.4 Å². The van der Waals surface area contributed by atoms with Gasteiger partial charge in [-0.05, 0) is 29.5 Å². The second-order valence-electron chi connectivity index (χ2n) is 6.46. The van der Waals surface area contributed by atoms with Gasteiger partial charge in [-0.2, -0.15) is 0 Å². The van der Waals surface area contributed by atoms with Crippen molar-refractivity contribution in [3.05, 3.63) is 81.4 Å². The smallest absolute Gasteiger partial charge is 0.269 e. The molecular formula is C19H17N3O3. The number of hydrogen-bond acceptors (Lipinski definition) is 4. The van der Waals surface area contributed by atoms with Gasteiger partial charge in [0, 0.05) is 18.1 Å². The van der Waals surface area contributed by atoms with Crippen LogP contribution in [-0.2, 0) is 0 Å². The van der Waals surface area contributed by atoms with Crippen LogP contribution in [0.5, 0.6) is 0 Å². The van der Waals surface area contributed by atoms with E-state index >= 15 is 0 Å². The number of para-hydroxylation sites is 1. The number of nitro benzene ring substituents is 1. The standard InChI is InChI=1S/C19H17N3O3/c20-19(23)16-9-3-8-15-13-6-2-7-14(13)17(21-18(15)16)11-4-1-5-12(10-11)22(24)25/h1-6,8-10,13-14,17,21H,7H2,(H2,20,23)/t13-,14-,17-/m0/s1. The quantitative estimate of drug-likeness (QED) is 0.509. The predicted molar refractivity (Wildman–Crippen MR) is 94.4 cm³/mol. The summed E-state index contributed by atoms with van der Waals surface area (Å²) in [6.07, 6.45) is 5.16. The van der Waals surface area contributed by atoms with Crippen molar-refractivity contribution in [1.82, 2.24) is 0 Å². The number of nitrogens with two attached hydrogens (primary N) is 1. The summed E-state index contributed by atoms with van der Waals surface area (Å²) in [5.41, 5.74) is 8.69. The lowest BCUT2D eigenvalue weighted by Crippen LogP contribution is -2.31. The van der Waals surface area contributed by atoms with E-state index in [4.69, 9.17) is 5.73 Å². The summed E-state index contributed by atoms with van der Waals surface area (Å²) in [6, 6.07) is 12.1. The number of benzene rings is 2. The molecule has 0 radical (unpaired) electrons. The largest absolute Gasteiger partial charge is 0.377 e. The molecule has 1 heterocycles. The second-order valence-corrected chi connectivity index (χ2v) is 6.46. The first kappa shape index (κ1) is 15.4. The zero-order chi connectivity index (χ0) is 17.6. The highest BCUT2D eigenvalue weighted by atomic mass is 16.6. The molecule has 126 valence electrons. The molecule has 0 bridgehead atoms. The third-order valence-electron chi connectivity index (χ3n) is 5.10. The monoisotopic (exact) mass is 335 g/mol. The molecule has 0 spiro atoms. The van der Waals surface area contributed by atoms with Gasteiger partial charge in [-0.15, -0.1) is 0 Å². The number of rotatable bonds is 3. The number of amides is 1. The van der Waals surface area contributed by atoms with Crippen molar-refractivity contribution in [2.24, 2.45) is 11.7 Å². The fraction of sp³-hybridized carbons (Fsp3) is 0.211. The first-order valence-corrected chi connectivity index (χ1v) is 8.16.